The van der Waals surface area contributed by atoms with Gasteiger partial charge < -0.3 is 10.2 Å². The molecule has 4 nitrogen and oxygen atoms in total. The standard InChI is InChI=1S/C22H32N2O2.C4H10/c1-15(2)13-19-21(26)23-16(3)14-24(19)20(25)12-9-17-7-10-18(11-8-17)22(4,5)6;1-4(2)3/h7-12,15-16,19H,13-14H2,1-6H3,(H,23,26);4H,1-3H3/b12-9+;. The van der Waals surface area contributed by atoms with E-state index in [4.69, 9.17) is 0 Å². The SMILES string of the molecule is CC(C)C.CC(C)CC1C(=O)NC(C)CN1C(=O)/C=C/c1ccc(C(C)(C)C)cc1. The van der Waals surface area contributed by atoms with Gasteiger partial charge in [-0.25, -0.2) is 0 Å². The van der Waals surface area contributed by atoms with Crippen molar-refractivity contribution in [3.63, 3.8) is 0 Å². The van der Waals surface area contributed by atoms with Gasteiger partial charge in [0, 0.05) is 18.7 Å². The van der Waals surface area contributed by atoms with E-state index in [9.17, 15) is 9.59 Å². The largest absolute Gasteiger partial charge is 0.350 e. The lowest BCUT2D eigenvalue weighted by Gasteiger charge is -2.38. The number of piperazine rings is 1. The summed E-state index contributed by atoms with van der Waals surface area (Å²) < 4.78 is 0. The summed E-state index contributed by atoms with van der Waals surface area (Å²) in [5.74, 6) is 1.04. The van der Waals surface area contributed by atoms with Crippen LogP contribution in [0, 0.1) is 11.8 Å². The zero-order valence-electron chi connectivity index (χ0n) is 20.5. The smallest absolute Gasteiger partial charge is 0.247 e. The molecule has 2 amide bonds. The van der Waals surface area contributed by atoms with Gasteiger partial charge in [0.05, 0.1) is 0 Å². The predicted molar refractivity (Wildman–Crippen MR) is 127 cm³/mol. The third kappa shape index (κ3) is 8.73. The first-order valence-corrected chi connectivity index (χ1v) is 11.2. The lowest BCUT2D eigenvalue weighted by Crippen LogP contribution is -2.60. The monoisotopic (exact) mass is 414 g/mol. The number of carbonyl (C=O) groups is 2. The van der Waals surface area contributed by atoms with E-state index >= 15 is 0 Å². The molecule has 0 aliphatic carbocycles. The normalized spacial score (nSPS) is 19.7. The zero-order chi connectivity index (χ0) is 23.1. The number of nitrogens with one attached hydrogen (secondary N) is 1. The maximum atomic E-state index is 12.7. The van der Waals surface area contributed by atoms with Gasteiger partial charge in [-0.15, -0.1) is 0 Å². The summed E-state index contributed by atoms with van der Waals surface area (Å²) in [7, 11) is 0. The Balaban J connectivity index is 0.00000103. The molecule has 1 aromatic rings. The maximum absolute atomic E-state index is 12.7. The Morgan fingerprint density at radius 3 is 2.13 bits per heavy atom. The molecule has 30 heavy (non-hydrogen) atoms. The van der Waals surface area contributed by atoms with E-state index in [1.54, 1.807) is 11.0 Å². The first-order chi connectivity index (χ1) is 13.8. The summed E-state index contributed by atoms with van der Waals surface area (Å²) in [5.41, 5.74) is 2.36. The van der Waals surface area contributed by atoms with E-state index in [1.807, 2.05) is 25.1 Å². The molecule has 2 unspecified atom stereocenters. The maximum Gasteiger partial charge on any atom is 0.247 e. The molecule has 2 atom stereocenters. The summed E-state index contributed by atoms with van der Waals surface area (Å²) in [4.78, 5) is 26.8. The number of benzene rings is 1. The summed E-state index contributed by atoms with van der Waals surface area (Å²) in [6.07, 6.45) is 4.10. The highest BCUT2D eigenvalue weighted by Gasteiger charge is 2.35. The van der Waals surface area contributed by atoms with E-state index in [1.165, 1.54) is 5.56 Å². The third-order valence-corrected chi connectivity index (χ3v) is 4.71. The Morgan fingerprint density at radius 1 is 1.13 bits per heavy atom. The molecule has 4 heteroatoms. The zero-order valence-corrected chi connectivity index (χ0v) is 20.5. The number of hydrogen-bond donors (Lipinski definition) is 1. The van der Waals surface area contributed by atoms with Crippen molar-refractivity contribution in [3.8, 4) is 0 Å². The molecule has 0 spiro atoms. The second-order valence-electron chi connectivity index (χ2n) is 10.5. The Morgan fingerprint density at radius 2 is 1.67 bits per heavy atom. The summed E-state index contributed by atoms with van der Waals surface area (Å²) in [5, 5.41) is 2.96. The highest BCUT2D eigenvalue weighted by molar-refractivity contribution is 5.96. The van der Waals surface area contributed by atoms with Crippen molar-refractivity contribution in [2.24, 2.45) is 11.8 Å². The van der Waals surface area contributed by atoms with Gasteiger partial charge in [-0.05, 0) is 47.8 Å². The van der Waals surface area contributed by atoms with E-state index in [-0.39, 0.29) is 29.3 Å². The number of hydrogen-bond acceptors (Lipinski definition) is 2. The van der Waals surface area contributed by atoms with Crippen LogP contribution < -0.4 is 5.32 Å². The minimum Gasteiger partial charge on any atom is -0.350 e. The van der Waals surface area contributed by atoms with E-state index in [0.29, 0.717) is 18.9 Å². The van der Waals surface area contributed by atoms with Crippen LogP contribution in [0.15, 0.2) is 30.3 Å². The Bertz CT molecular complexity index is 709. The minimum atomic E-state index is -0.383. The molecule has 1 aliphatic heterocycles. The second kappa shape index (κ2) is 11.3. The van der Waals surface area contributed by atoms with Crippen LogP contribution in [0.4, 0.5) is 0 Å². The lowest BCUT2D eigenvalue weighted by atomic mass is 9.87. The van der Waals surface area contributed by atoms with Gasteiger partial charge in [0.15, 0.2) is 0 Å². The Labute approximate surface area is 184 Å². The fourth-order valence-electron chi connectivity index (χ4n) is 3.23. The highest BCUT2D eigenvalue weighted by atomic mass is 16.2. The van der Waals surface area contributed by atoms with Gasteiger partial charge in [0.25, 0.3) is 0 Å². The number of carbonyl (C=O) groups excluding carboxylic acids is 2. The molecule has 0 radical (unpaired) electrons. The van der Waals surface area contributed by atoms with Crippen molar-refractivity contribution in [2.45, 2.75) is 86.2 Å². The first-order valence-electron chi connectivity index (χ1n) is 11.2. The Kier molecular flexibility index (Phi) is 9.80. The molecule has 1 aromatic carbocycles. The van der Waals surface area contributed by atoms with Crippen LogP contribution >= 0.6 is 0 Å². The van der Waals surface area contributed by atoms with Crippen molar-refractivity contribution >= 4 is 17.9 Å². The summed E-state index contributed by atoms with van der Waals surface area (Å²) in [6.45, 7) is 19.7. The van der Waals surface area contributed by atoms with E-state index < -0.39 is 0 Å². The van der Waals surface area contributed by atoms with Gasteiger partial charge in [-0.1, -0.05) is 79.7 Å². The molecular weight excluding hydrogens is 372 g/mol. The van der Waals surface area contributed by atoms with Gasteiger partial charge in [-0.3, -0.25) is 9.59 Å². The molecule has 0 saturated carbocycles. The minimum absolute atomic E-state index is 0.0191. The van der Waals surface area contributed by atoms with Gasteiger partial charge in [0.1, 0.15) is 6.04 Å². The van der Waals surface area contributed by atoms with E-state index in [2.05, 4.69) is 72.8 Å². The van der Waals surface area contributed by atoms with Gasteiger partial charge in [0.2, 0.25) is 11.8 Å². The Hall–Kier alpha value is -2.10. The summed E-state index contributed by atoms with van der Waals surface area (Å²) >= 11 is 0. The molecule has 0 aromatic heterocycles. The number of rotatable bonds is 4. The average Bonchev–Trinajstić information content (AvgIpc) is 2.60. The molecular formula is C26H42N2O2. The lowest BCUT2D eigenvalue weighted by molar-refractivity contribution is -0.142. The van der Waals surface area contributed by atoms with Gasteiger partial charge in [-0.2, -0.15) is 0 Å². The number of amides is 2. The predicted octanol–water partition coefficient (Wildman–Crippen LogP) is 5.42. The molecule has 1 fully saturated rings. The first kappa shape index (κ1) is 25.9. The molecule has 2 rings (SSSR count). The van der Waals surface area contributed by atoms with Gasteiger partial charge >= 0.3 is 0 Å². The van der Waals surface area contributed by atoms with Crippen LogP contribution in [0.2, 0.25) is 0 Å². The molecule has 1 heterocycles. The van der Waals surface area contributed by atoms with Crippen LogP contribution in [-0.2, 0) is 15.0 Å². The fraction of sp³-hybridized carbons (Fsp3) is 0.615. The van der Waals surface area contributed by atoms with Crippen LogP contribution in [0.1, 0.15) is 79.9 Å². The van der Waals surface area contributed by atoms with E-state index in [0.717, 1.165) is 11.5 Å². The van der Waals surface area contributed by atoms with Crippen LogP contribution in [0.3, 0.4) is 0 Å². The fourth-order valence-corrected chi connectivity index (χ4v) is 3.23. The van der Waals surface area contributed by atoms with Crippen LogP contribution in [-0.4, -0.2) is 35.3 Å². The third-order valence-electron chi connectivity index (χ3n) is 4.71. The second-order valence-corrected chi connectivity index (χ2v) is 10.5. The molecule has 0 bridgehead atoms. The summed E-state index contributed by atoms with van der Waals surface area (Å²) in [6, 6.07) is 7.86. The van der Waals surface area contributed by atoms with Crippen molar-refractivity contribution in [2.75, 3.05) is 6.54 Å². The molecule has 1 saturated heterocycles. The van der Waals surface area contributed by atoms with Crippen molar-refractivity contribution < 1.29 is 9.59 Å². The number of nitrogens with zero attached hydrogens (tertiary/aromatic N) is 1. The quantitative estimate of drug-likeness (QED) is 0.669. The molecule has 1 aliphatic rings. The van der Waals surface area contributed by atoms with Crippen LogP contribution in [0.5, 0.6) is 0 Å². The molecule has 168 valence electrons. The van der Waals surface area contributed by atoms with Crippen molar-refractivity contribution in [3.05, 3.63) is 41.5 Å². The topological polar surface area (TPSA) is 49.4 Å². The van der Waals surface area contributed by atoms with Crippen molar-refractivity contribution in [1.82, 2.24) is 10.2 Å². The van der Waals surface area contributed by atoms with Crippen molar-refractivity contribution in [1.29, 1.82) is 0 Å². The average molecular weight is 415 g/mol. The highest BCUT2D eigenvalue weighted by Crippen LogP contribution is 2.23. The van der Waals surface area contributed by atoms with Crippen LogP contribution in [0.25, 0.3) is 6.08 Å². The molecule has 1 N–H and O–H groups in total.